The molecule has 1 aromatic carbocycles. The second-order valence-electron chi connectivity index (χ2n) is 4.31. The highest BCUT2D eigenvalue weighted by molar-refractivity contribution is 9.10. The van der Waals surface area contributed by atoms with Crippen LogP contribution in [0.2, 0.25) is 0 Å². The molecule has 2 N–H and O–H groups in total. The average molecular weight is 337 g/mol. The summed E-state index contributed by atoms with van der Waals surface area (Å²) in [5, 5.41) is 0. The highest BCUT2D eigenvalue weighted by atomic mass is 79.9. The quantitative estimate of drug-likeness (QED) is 0.881. The number of hydrogen-bond acceptors (Lipinski definition) is 4. The lowest BCUT2D eigenvalue weighted by Gasteiger charge is -2.12. The molecular weight excluding hydrogens is 320 g/mol. The van der Waals surface area contributed by atoms with Crippen LogP contribution < -0.4 is 15.2 Å². The van der Waals surface area contributed by atoms with Gasteiger partial charge in [-0.25, -0.2) is 0 Å². The van der Waals surface area contributed by atoms with Crippen molar-refractivity contribution in [2.45, 2.75) is 13.0 Å². The summed E-state index contributed by atoms with van der Waals surface area (Å²) >= 11 is 3.40. The molecular formula is C15H17BrN2O2. The fraction of sp³-hybridized carbons (Fsp3) is 0.267. The van der Waals surface area contributed by atoms with Gasteiger partial charge in [-0.1, -0.05) is 0 Å². The van der Waals surface area contributed by atoms with Crippen LogP contribution in [-0.2, 0) is 13.0 Å². The summed E-state index contributed by atoms with van der Waals surface area (Å²) in [5.41, 5.74) is 7.69. The van der Waals surface area contributed by atoms with Crippen LogP contribution in [0.4, 0.5) is 0 Å². The number of hydrogen-bond donors (Lipinski definition) is 1. The minimum absolute atomic E-state index is 0.469. The lowest BCUT2D eigenvalue weighted by Crippen LogP contribution is -2.06. The van der Waals surface area contributed by atoms with E-state index >= 15 is 0 Å². The predicted octanol–water partition coefficient (Wildman–Crippen LogP) is 2.93. The van der Waals surface area contributed by atoms with Crippen LogP contribution in [0.5, 0.6) is 11.5 Å². The number of nitrogens with zero attached hydrogens (tertiary/aromatic N) is 1. The normalized spacial score (nSPS) is 10.3. The third kappa shape index (κ3) is 3.95. The Balaban J connectivity index is 2.12. The van der Waals surface area contributed by atoms with Crippen molar-refractivity contribution in [1.29, 1.82) is 0 Å². The lowest BCUT2D eigenvalue weighted by atomic mass is 10.1. The Kier molecular flexibility index (Phi) is 5.38. The van der Waals surface area contributed by atoms with Gasteiger partial charge in [0.2, 0.25) is 0 Å². The van der Waals surface area contributed by atoms with Crippen molar-refractivity contribution >= 4 is 15.9 Å². The van der Waals surface area contributed by atoms with Crippen molar-refractivity contribution in [1.82, 2.24) is 4.98 Å². The first-order chi connectivity index (χ1) is 9.72. The molecule has 4 nitrogen and oxygen atoms in total. The van der Waals surface area contributed by atoms with Gasteiger partial charge in [0, 0.05) is 22.4 Å². The second-order valence-corrected chi connectivity index (χ2v) is 5.23. The van der Waals surface area contributed by atoms with E-state index in [1.165, 1.54) is 0 Å². The average Bonchev–Trinajstić information content (AvgIpc) is 2.46. The van der Waals surface area contributed by atoms with Gasteiger partial charge in [0.05, 0.1) is 7.11 Å². The number of ether oxygens (including phenoxy) is 2. The van der Waals surface area contributed by atoms with Crippen LogP contribution >= 0.6 is 15.9 Å². The fourth-order valence-electron chi connectivity index (χ4n) is 1.87. The third-order valence-corrected chi connectivity index (χ3v) is 3.27. The molecule has 2 rings (SSSR count). The van der Waals surface area contributed by atoms with Gasteiger partial charge < -0.3 is 15.2 Å². The van der Waals surface area contributed by atoms with Gasteiger partial charge in [0.25, 0.3) is 0 Å². The third-order valence-electron chi connectivity index (χ3n) is 2.84. The minimum Gasteiger partial charge on any atom is -0.497 e. The first-order valence-electron chi connectivity index (χ1n) is 6.32. The zero-order valence-corrected chi connectivity index (χ0v) is 12.9. The van der Waals surface area contributed by atoms with Gasteiger partial charge in [0.15, 0.2) is 0 Å². The van der Waals surface area contributed by atoms with E-state index in [1.807, 2.05) is 24.3 Å². The molecule has 1 aromatic heterocycles. The summed E-state index contributed by atoms with van der Waals surface area (Å²) in [6.07, 6.45) is 4.29. The molecule has 0 radical (unpaired) electrons. The number of methoxy groups -OCH3 is 1. The largest absolute Gasteiger partial charge is 0.497 e. The van der Waals surface area contributed by atoms with Gasteiger partial charge in [-0.2, -0.15) is 0 Å². The van der Waals surface area contributed by atoms with E-state index in [2.05, 4.69) is 20.9 Å². The SMILES string of the molecule is COc1ccc(OCc2cncc(Br)c2)c(CCN)c1. The van der Waals surface area contributed by atoms with E-state index in [0.29, 0.717) is 13.2 Å². The Morgan fingerprint density at radius 2 is 2.10 bits per heavy atom. The number of pyridine rings is 1. The van der Waals surface area contributed by atoms with Gasteiger partial charge in [-0.05, 0) is 58.7 Å². The summed E-state index contributed by atoms with van der Waals surface area (Å²) in [7, 11) is 1.65. The topological polar surface area (TPSA) is 57.4 Å². The number of nitrogens with two attached hydrogens (primary N) is 1. The molecule has 20 heavy (non-hydrogen) atoms. The van der Waals surface area contributed by atoms with E-state index in [9.17, 15) is 0 Å². The highest BCUT2D eigenvalue weighted by Crippen LogP contribution is 2.25. The van der Waals surface area contributed by atoms with E-state index in [-0.39, 0.29) is 0 Å². The summed E-state index contributed by atoms with van der Waals surface area (Å²) in [4.78, 5) is 4.12. The monoisotopic (exact) mass is 336 g/mol. The molecule has 0 saturated heterocycles. The van der Waals surface area contributed by atoms with Gasteiger partial charge in [-0.15, -0.1) is 0 Å². The van der Waals surface area contributed by atoms with Crippen LogP contribution in [0.15, 0.2) is 41.1 Å². The molecule has 0 saturated carbocycles. The minimum atomic E-state index is 0.469. The maximum atomic E-state index is 5.86. The first-order valence-corrected chi connectivity index (χ1v) is 7.11. The van der Waals surface area contributed by atoms with Crippen LogP contribution in [0.25, 0.3) is 0 Å². The first kappa shape index (κ1) is 14.8. The Morgan fingerprint density at radius 3 is 2.80 bits per heavy atom. The van der Waals surface area contributed by atoms with Crippen LogP contribution in [0.1, 0.15) is 11.1 Å². The van der Waals surface area contributed by atoms with Gasteiger partial charge in [0.1, 0.15) is 18.1 Å². The summed E-state index contributed by atoms with van der Waals surface area (Å²) in [5.74, 6) is 1.64. The Hall–Kier alpha value is -1.59. The molecule has 0 fully saturated rings. The van der Waals surface area contributed by atoms with Crippen LogP contribution in [0.3, 0.4) is 0 Å². The molecule has 106 valence electrons. The molecule has 2 aromatic rings. The molecule has 5 heteroatoms. The Labute approximate surface area is 127 Å². The molecule has 0 spiro atoms. The van der Waals surface area contributed by atoms with E-state index in [1.54, 1.807) is 19.5 Å². The summed E-state index contributed by atoms with van der Waals surface area (Å²) in [6, 6.07) is 7.74. The smallest absolute Gasteiger partial charge is 0.123 e. The molecule has 0 atom stereocenters. The van der Waals surface area contributed by atoms with Crippen molar-refractivity contribution in [2.75, 3.05) is 13.7 Å². The van der Waals surface area contributed by atoms with Crippen LogP contribution in [0, 0.1) is 0 Å². The maximum Gasteiger partial charge on any atom is 0.123 e. The van der Waals surface area contributed by atoms with Crippen LogP contribution in [-0.4, -0.2) is 18.6 Å². The van der Waals surface area contributed by atoms with Crippen molar-refractivity contribution in [3.63, 3.8) is 0 Å². The fourth-order valence-corrected chi connectivity index (χ4v) is 2.28. The van der Waals surface area contributed by atoms with Crippen molar-refractivity contribution in [3.8, 4) is 11.5 Å². The molecule has 0 bridgehead atoms. The lowest BCUT2D eigenvalue weighted by molar-refractivity contribution is 0.301. The molecule has 1 heterocycles. The molecule has 0 aliphatic heterocycles. The Bertz CT molecular complexity index is 576. The zero-order valence-electron chi connectivity index (χ0n) is 11.3. The number of aromatic nitrogens is 1. The molecule has 0 aliphatic rings. The highest BCUT2D eigenvalue weighted by Gasteiger charge is 2.06. The second kappa shape index (κ2) is 7.26. The maximum absolute atomic E-state index is 5.86. The number of halogens is 1. The number of rotatable bonds is 6. The van der Waals surface area contributed by atoms with Gasteiger partial charge >= 0.3 is 0 Å². The van der Waals surface area contributed by atoms with Gasteiger partial charge in [-0.3, -0.25) is 4.98 Å². The standard InChI is InChI=1S/C15H17BrN2O2/c1-19-14-2-3-15(12(7-14)4-5-17)20-10-11-6-13(16)9-18-8-11/h2-3,6-9H,4-5,10,17H2,1H3. The zero-order chi connectivity index (χ0) is 14.4. The molecule has 0 amide bonds. The summed E-state index contributed by atoms with van der Waals surface area (Å²) < 4.78 is 12.0. The molecule has 0 aliphatic carbocycles. The van der Waals surface area contributed by atoms with Crippen molar-refractivity contribution in [2.24, 2.45) is 5.73 Å². The van der Waals surface area contributed by atoms with E-state index < -0.39 is 0 Å². The summed E-state index contributed by atoms with van der Waals surface area (Å²) in [6.45, 7) is 1.04. The van der Waals surface area contributed by atoms with E-state index in [0.717, 1.165) is 33.5 Å². The van der Waals surface area contributed by atoms with E-state index in [4.69, 9.17) is 15.2 Å². The Morgan fingerprint density at radius 1 is 1.25 bits per heavy atom. The van der Waals surface area contributed by atoms with Crippen molar-refractivity contribution in [3.05, 3.63) is 52.3 Å². The number of benzene rings is 1. The predicted molar refractivity (Wildman–Crippen MR) is 82.0 cm³/mol. The molecule has 0 unspecified atom stereocenters. The van der Waals surface area contributed by atoms with Crippen molar-refractivity contribution < 1.29 is 9.47 Å².